The molecule has 0 radical (unpaired) electrons. The molecule has 3 rings (SSSR count). The second kappa shape index (κ2) is 1.13. The Morgan fingerprint density at radius 1 is 1.22 bits per heavy atom. The van der Waals surface area contributed by atoms with Crippen LogP contribution in [0.4, 0.5) is 0 Å². The molecule has 2 aliphatic rings. The maximum Gasteiger partial charge on any atom is 0.214 e. The number of phenols is 2. The van der Waals surface area contributed by atoms with Crippen molar-refractivity contribution in [3.8, 4) is 23.0 Å². The number of hydrogen-bond acceptors (Lipinski definition) is 3. The summed E-state index contributed by atoms with van der Waals surface area (Å²) in [4.78, 5) is 0. The lowest BCUT2D eigenvalue weighted by Gasteiger charge is -2.19. The van der Waals surface area contributed by atoms with Crippen molar-refractivity contribution in [1.29, 1.82) is 0 Å². The summed E-state index contributed by atoms with van der Waals surface area (Å²) in [6.45, 7) is 0. The average molecular weight is 124 g/mol. The van der Waals surface area contributed by atoms with E-state index >= 15 is 0 Å². The normalized spacial score (nSPS) is 12.0. The van der Waals surface area contributed by atoms with Crippen molar-refractivity contribution in [2.75, 3.05) is 0 Å². The summed E-state index contributed by atoms with van der Waals surface area (Å²) in [7, 11) is 0. The Balaban J connectivity index is 2.74. The van der Waals surface area contributed by atoms with Gasteiger partial charge in [-0.25, -0.2) is 0 Å². The lowest BCUT2D eigenvalue weighted by molar-refractivity contribution is 0.312. The molecule has 0 aromatic heterocycles. The molecule has 3 nitrogen and oxygen atoms in total. The van der Waals surface area contributed by atoms with Crippen LogP contribution in [0.5, 0.6) is 23.0 Å². The second-order valence-electron chi connectivity index (χ2n) is 1.86. The highest BCUT2D eigenvalue weighted by Gasteiger charge is 2.24. The largest absolute Gasteiger partial charge is 0.504 e. The minimum Gasteiger partial charge on any atom is -0.504 e. The van der Waals surface area contributed by atoms with Crippen molar-refractivity contribution in [2.45, 2.75) is 0 Å². The smallest absolute Gasteiger partial charge is 0.214 e. The van der Waals surface area contributed by atoms with Gasteiger partial charge in [0.25, 0.3) is 0 Å². The number of rotatable bonds is 0. The van der Waals surface area contributed by atoms with E-state index in [1.54, 1.807) is 0 Å². The lowest BCUT2D eigenvalue weighted by atomic mass is 10.2. The Morgan fingerprint density at radius 2 is 2.00 bits per heavy atom. The summed E-state index contributed by atoms with van der Waals surface area (Å²) in [5.41, 5.74) is 0. The molecular formula is C6H4O3. The first-order chi connectivity index (χ1) is 4.29. The van der Waals surface area contributed by atoms with E-state index in [-0.39, 0.29) is 17.2 Å². The second-order valence-corrected chi connectivity index (χ2v) is 1.86. The SMILES string of the molecule is Oc1ccc2c(O)c1O2. The van der Waals surface area contributed by atoms with E-state index in [1.807, 2.05) is 0 Å². The van der Waals surface area contributed by atoms with Gasteiger partial charge in [0.15, 0.2) is 11.5 Å². The zero-order chi connectivity index (χ0) is 6.43. The third-order valence-corrected chi connectivity index (χ3v) is 1.29. The monoisotopic (exact) mass is 124 g/mol. The minimum atomic E-state index is -0.0116. The average Bonchev–Trinajstić information content (AvgIpc) is 1.86. The van der Waals surface area contributed by atoms with Gasteiger partial charge in [0.05, 0.1) is 0 Å². The van der Waals surface area contributed by atoms with E-state index in [0.29, 0.717) is 5.75 Å². The predicted octanol–water partition coefficient (Wildman–Crippen LogP) is 1.20. The Labute approximate surface area is 51.1 Å². The fraction of sp³-hybridized carbons (Fsp3) is 0. The van der Waals surface area contributed by atoms with Gasteiger partial charge in [0.1, 0.15) is 0 Å². The van der Waals surface area contributed by atoms with Gasteiger partial charge in [-0.15, -0.1) is 0 Å². The Bertz CT molecular complexity index is 261. The van der Waals surface area contributed by atoms with Crippen LogP contribution in [0, 0.1) is 0 Å². The number of fused-ring (bicyclic) bond motifs is 2. The van der Waals surface area contributed by atoms with Crippen LogP contribution in [0.1, 0.15) is 0 Å². The van der Waals surface area contributed by atoms with Crippen LogP contribution in [0.25, 0.3) is 0 Å². The number of ether oxygens (including phenoxy) is 1. The molecule has 0 saturated heterocycles. The molecule has 0 amide bonds. The molecule has 1 aromatic rings. The number of hydrogen-bond donors (Lipinski definition) is 2. The molecule has 0 aliphatic carbocycles. The van der Waals surface area contributed by atoms with Crippen molar-refractivity contribution >= 4 is 0 Å². The first kappa shape index (κ1) is 4.49. The van der Waals surface area contributed by atoms with E-state index in [9.17, 15) is 0 Å². The molecule has 2 N–H and O–H groups in total. The Morgan fingerprint density at radius 3 is 2.33 bits per heavy atom. The van der Waals surface area contributed by atoms with Crippen LogP contribution in [-0.4, -0.2) is 10.2 Å². The zero-order valence-electron chi connectivity index (χ0n) is 4.46. The van der Waals surface area contributed by atoms with Crippen LogP contribution >= 0.6 is 0 Å². The first-order valence-corrected chi connectivity index (χ1v) is 2.52. The molecule has 0 unspecified atom stereocenters. The third kappa shape index (κ3) is 0.367. The molecule has 0 spiro atoms. The summed E-state index contributed by atoms with van der Waals surface area (Å²) >= 11 is 0. The minimum absolute atomic E-state index is 0.0116. The van der Waals surface area contributed by atoms with Gasteiger partial charge in [-0.3, -0.25) is 0 Å². The van der Waals surface area contributed by atoms with E-state index < -0.39 is 0 Å². The Hall–Kier alpha value is -1.38. The number of aromatic hydroxyl groups is 2. The fourth-order valence-electron chi connectivity index (χ4n) is 0.789. The van der Waals surface area contributed by atoms with Crippen LogP contribution in [0.2, 0.25) is 0 Å². The van der Waals surface area contributed by atoms with Gasteiger partial charge in [0.2, 0.25) is 11.5 Å². The molecular weight excluding hydrogens is 120 g/mol. The highest BCUT2D eigenvalue weighted by molar-refractivity contribution is 5.66. The van der Waals surface area contributed by atoms with Crippen LogP contribution in [-0.2, 0) is 0 Å². The predicted molar refractivity (Wildman–Crippen MR) is 29.8 cm³/mol. The molecule has 9 heavy (non-hydrogen) atoms. The molecule has 2 aliphatic heterocycles. The van der Waals surface area contributed by atoms with E-state index in [4.69, 9.17) is 14.9 Å². The molecule has 2 bridgehead atoms. The molecule has 1 aromatic carbocycles. The molecule has 2 heterocycles. The lowest BCUT2D eigenvalue weighted by Crippen LogP contribution is -1.95. The maximum atomic E-state index is 8.88. The number of benzene rings is 1. The van der Waals surface area contributed by atoms with Gasteiger partial charge in [-0.1, -0.05) is 0 Å². The van der Waals surface area contributed by atoms with Gasteiger partial charge < -0.3 is 14.9 Å². The zero-order valence-corrected chi connectivity index (χ0v) is 4.46. The molecule has 0 fully saturated rings. The summed E-state index contributed by atoms with van der Waals surface area (Å²) in [6.07, 6.45) is 0. The molecule has 0 atom stereocenters. The Kier molecular flexibility index (Phi) is 0.563. The van der Waals surface area contributed by atoms with Crippen molar-refractivity contribution in [3.05, 3.63) is 12.1 Å². The summed E-state index contributed by atoms with van der Waals surface area (Å²) in [5, 5.41) is 17.7. The molecule has 46 valence electrons. The quantitative estimate of drug-likeness (QED) is 0.554. The van der Waals surface area contributed by atoms with Gasteiger partial charge in [0, 0.05) is 0 Å². The van der Waals surface area contributed by atoms with Gasteiger partial charge in [-0.05, 0) is 12.1 Å². The van der Waals surface area contributed by atoms with E-state index in [0.717, 1.165) is 0 Å². The van der Waals surface area contributed by atoms with Gasteiger partial charge >= 0.3 is 0 Å². The summed E-state index contributed by atoms with van der Waals surface area (Å²) in [5.74, 6) is 0.660. The highest BCUT2D eigenvalue weighted by atomic mass is 16.5. The topological polar surface area (TPSA) is 49.7 Å². The third-order valence-electron chi connectivity index (χ3n) is 1.29. The fourth-order valence-corrected chi connectivity index (χ4v) is 0.789. The summed E-state index contributed by atoms with van der Waals surface area (Å²) < 4.78 is 4.77. The van der Waals surface area contributed by atoms with Crippen molar-refractivity contribution in [2.24, 2.45) is 0 Å². The standard InChI is InChI=1S/C6H4O3/c7-3-1-2-4-5(8)6(3)9-4/h1-2,7-8H. The van der Waals surface area contributed by atoms with Crippen molar-refractivity contribution in [1.82, 2.24) is 0 Å². The number of phenolic OH excluding ortho intramolecular Hbond substituents is 2. The maximum absolute atomic E-state index is 8.88. The van der Waals surface area contributed by atoms with E-state index in [1.165, 1.54) is 12.1 Å². The summed E-state index contributed by atoms with van der Waals surface area (Å²) in [6, 6.07) is 2.99. The van der Waals surface area contributed by atoms with Gasteiger partial charge in [-0.2, -0.15) is 0 Å². The molecule has 3 heteroatoms. The van der Waals surface area contributed by atoms with E-state index in [2.05, 4.69) is 0 Å². The first-order valence-electron chi connectivity index (χ1n) is 2.52. The van der Waals surface area contributed by atoms with Crippen LogP contribution in [0.15, 0.2) is 12.1 Å². The van der Waals surface area contributed by atoms with Crippen LogP contribution in [0.3, 0.4) is 0 Å². The van der Waals surface area contributed by atoms with Crippen molar-refractivity contribution < 1.29 is 14.9 Å². The highest BCUT2D eigenvalue weighted by Crippen LogP contribution is 2.53. The molecule has 0 saturated carbocycles. The van der Waals surface area contributed by atoms with Crippen LogP contribution < -0.4 is 4.74 Å². The van der Waals surface area contributed by atoms with Crippen molar-refractivity contribution in [3.63, 3.8) is 0 Å².